The maximum atomic E-state index is 13.6. The summed E-state index contributed by atoms with van der Waals surface area (Å²) in [5, 5.41) is 0. The van der Waals surface area contributed by atoms with Crippen LogP contribution in [-0.2, 0) is 62.4 Å². The van der Waals surface area contributed by atoms with Gasteiger partial charge in [-0.25, -0.2) is 14.4 Å². The molecule has 289 valence electrons. The molecule has 3 fully saturated rings. The van der Waals surface area contributed by atoms with E-state index in [1.54, 1.807) is 72.8 Å². The zero-order chi connectivity index (χ0) is 38.6. The Morgan fingerprint density at radius 2 is 0.732 bits per heavy atom. The first kappa shape index (κ1) is 42.1. The van der Waals surface area contributed by atoms with Crippen LogP contribution in [0.3, 0.4) is 0 Å². The molecule has 17 heteroatoms. The number of ether oxygens (including phenoxy) is 3. The molecule has 3 saturated heterocycles. The summed E-state index contributed by atoms with van der Waals surface area (Å²) in [6.07, 6.45) is -0.262. The predicted octanol–water partition coefficient (Wildman–Crippen LogP) is 2.01. The van der Waals surface area contributed by atoms with Crippen molar-refractivity contribution in [1.29, 1.82) is 0 Å². The maximum Gasteiger partial charge on any atom is 1.00 e. The molecular weight excluding hydrogens is 736 g/mol. The molecule has 3 aromatic rings. The Morgan fingerprint density at radius 3 is 1.00 bits per heavy atom. The summed E-state index contributed by atoms with van der Waals surface area (Å²) in [6, 6.07) is 23.7. The average Bonchev–Trinajstić information content (AvgIpc) is 4.01. The second-order valence-electron chi connectivity index (χ2n) is 13.3. The number of nitrogens with zero attached hydrogens (tertiary/aromatic N) is 3. The van der Waals surface area contributed by atoms with Gasteiger partial charge in [-0.15, -0.1) is 0 Å². The van der Waals surface area contributed by atoms with Crippen molar-refractivity contribution >= 4 is 43.5 Å². The fraction of sp³-hybridized carbons (Fsp3) is 0.385. The van der Waals surface area contributed by atoms with Crippen LogP contribution in [0.2, 0.25) is 0 Å². The van der Waals surface area contributed by atoms with E-state index in [4.69, 9.17) is 28.2 Å². The van der Waals surface area contributed by atoms with Gasteiger partial charge in [-0.2, -0.15) is 0 Å². The van der Waals surface area contributed by atoms with Crippen LogP contribution in [0.5, 0.6) is 0 Å². The van der Waals surface area contributed by atoms with Crippen LogP contribution >= 0.6 is 0 Å². The zero-order valence-corrected chi connectivity index (χ0v) is 33.2. The van der Waals surface area contributed by atoms with Gasteiger partial charge in [0.05, 0.1) is 0 Å². The summed E-state index contributed by atoms with van der Waals surface area (Å²) >= 11 is 0. The summed E-state index contributed by atoms with van der Waals surface area (Å²) in [5.41, 5.74) is 2.26. The van der Waals surface area contributed by atoms with Gasteiger partial charge >= 0.3 is 55.2 Å². The van der Waals surface area contributed by atoms with E-state index in [1.807, 2.05) is 18.2 Å². The molecule has 3 heterocycles. The Morgan fingerprint density at radius 1 is 0.464 bits per heavy atom. The molecule has 1 radical (unpaired) electrons. The molecular formula is C39H42BN3NaO12. The van der Waals surface area contributed by atoms with Crippen molar-refractivity contribution in [2.24, 2.45) is 0 Å². The third-order valence-electron chi connectivity index (χ3n) is 9.53. The molecule has 0 N–H and O–H groups in total. The van der Waals surface area contributed by atoms with Gasteiger partial charge in [0, 0.05) is 19.6 Å². The average molecular weight is 779 g/mol. The Bertz CT molecular complexity index is 1600. The molecule has 56 heavy (non-hydrogen) atoms. The van der Waals surface area contributed by atoms with Crippen molar-refractivity contribution in [2.45, 2.75) is 76.5 Å². The second kappa shape index (κ2) is 20.7. The molecule has 3 aliphatic heterocycles. The van der Waals surface area contributed by atoms with Crippen LogP contribution in [0, 0.1) is 0 Å². The fourth-order valence-corrected chi connectivity index (χ4v) is 6.69. The van der Waals surface area contributed by atoms with Crippen LogP contribution in [0.1, 0.15) is 55.2 Å². The molecule has 3 amide bonds. The SMILES string of the molecule is O=C(O[B-](OC(=O)[C@@H]1CCCN1C(=O)OCc1ccccc1)OC(=O)[C@@H]1CCCN1C(=O)OCc1ccccc1)[C@@H]1CCCN1C(=O)OCc1ccccc1.[Na+]. The van der Waals surface area contributed by atoms with Gasteiger partial charge in [0.15, 0.2) is 0 Å². The van der Waals surface area contributed by atoms with E-state index in [0.717, 1.165) is 16.7 Å². The maximum absolute atomic E-state index is 13.6. The molecule has 3 atom stereocenters. The van der Waals surface area contributed by atoms with Crippen molar-refractivity contribution < 1.29 is 86.5 Å². The number of carbonyl (C=O) groups is 6. The van der Waals surface area contributed by atoms with Gasteiger partial charge in [0.25, 0.3) is 17.9 Å². The number of hydrogen-bond donors (Lipinski definition) is 0. The quantitative estimate of drug-likeness (QED) is 0.194. The number of likely N-dealkylation sites (tertiary alicyclic amines) is 3. The Labute approximate surface area is 346 Å². The molecule has 0 aliphatic carbocycles. The first-order valence-corrected chi connectivity index (χ1v) is 18.3. The van der Waals surface area contributed by atoms with Gasteiger partial charge in [-0.1, -0.05) is 91.0 Å². The molecule has 0 aromatic heterocycles. The van der Waals surface area contributed by atoms with Crippen LogP contribution in [0.25, 0.3) is 0 Å². The van der Waals surface area contributed by atoms with Gasteiger partial charge in [0.2, 0.25) is 0 Å². The van der Waals surface area contributed by atoms with E-state index in [-0.39, 0.29) is 88.3 Å². The van der Waals surface area contributed by atoms with Gasteiger partial charge in [-0.05, 0) is 55.2 Å². The minimum absolute atomic E-state index is 0. The minimum Gasteiger partial charge on any atom is -0.641 e. The van der Waals surface area contributed by atoms with Gasteiger partial charge in [-0.3, -0.25) is 29.1 Å². The van der Waals surface area contributed by atoms with Crippen molar-refractivity contribution in [3.8, 4) is 0 Å². The van der Waals surface area contributed by atoms with E-state index < -0.39 is 61.6 Å². The number of amides is 3. The standard InChI is InChI=1S/C39H42BN3O12.Na/c44-34(31-19-10-22-41(31)37(47)50-25-28-13-4-1-5-14-28)53-40(54-35(45)32-20-11-23-42(32)38(48)51-26-29-15-6-2-7-16-29)55-36(46)33-21-12-24-43(33)39(49)52-27-30-17-8-3-9-18-30;/h1-9,13-18,31-33H,10-12,19-27H2;/q-1;+1/t31-,32-,33-;/m0./s1. The number of benzene rings is 3. The Hall–Kier alpha value is -5.06. The first-order chi connectivity index (χ1) is 26.8. The monoisotopic (exact) mass is 778 g/mol. The Balaban J connectivity index is 0.00000600. The molecule has 3 aliphatic rings. The van der Waals surface area contributed by atoms with E-state index in [9.17, 15) is 28.8 Å². The largest absolute Gasteiger partial charge is 1.00 e. The van der Waals surface area contributed by atoms with Gasteiger partial charge in [0.1, 0.15) is 37.9 Å². The summed E-state index contributed by atoms with van der Waals surface area (Å²) in [6.45, 7) is 0.527. The van der Waals surface area contributed by atoms with Crippen molar-refractivity contribution in [3.05, 3.63) is 108 Å². The summed E-state index contributed by atoms with van der Waals surface area (Å²) < 4.78 is 32.8. The molecule has 0 saturated carbocycles. The first-order valence-electron chi connectivity index (χ1n) is 18.3. The summed E-state index contributed by atoms with van der Waals surface area (Å²) in [5.74, 6) is -3.01. The van der Waals surface area contributed by atoms with E-state index in [0.29, 0.717) is 19.3 Å². The normalized spacial score (nSPS) is 18.8. The van der Waals surface area contributed by atoms with Crippen molar-refractivity contribution in [1.82, 2.24) is 14.7 Å². The second-order valence-corrected chi connectivity index (χ2v) is 13.3. The number of carbonyl (C=O) groups excluding carboxylic acids is 6. The predicted molar refractivity (Wildman–Crippen MR) is 193 cm³/mol. The third-order valence-corrected chi connectivity index (χ3v) is 9.53. The molecule has 0 bridgehead atoms. The van der Waals surface area contributed by atoms with E-state index >= 15 is 0 Å². The zero-order valence-electron chi connectivity index (χ0n) is 31.2. The summed E-state index contributed by atoms with van der Waals surface area (Å²) in [4.78, 5) is 83.6. The van der Waals surface area contributed by atoms with Crippen molar-refractivity contribution in [3.63, 3.8) is 0 Å². The van der Waals surface area contributed by atoms with Crippen LogP contribution in [0.15, 0.2) is 91.0 Å². The fourth-order valence-electron chi connectivity index (χ4n) is 6.69. The van der Waals surface area contributed by atoms with E-state index in [2.05, 4.69) is 0 Å². The van der Waals surface area contributed by atoms with Gasteiger partial charge < -0.3 is 28.2 Å². The molecule has 15 nitrogen and oxygen atoms in total. The topological polar surface area (TPSA) is 168 Å². The summed E-state index contributed by atoms with van der Waals surface area (Å²) in [7, 11) is -2.21. The number of hydrogen-bond acceptors (Lipinski definition) is 12. The van der Waals surface area contributed by atoms with Crippen LogP contribution in [-0.4, -0.2) is 96.0 Å². The molecule has 0 spiro atoms. The molecule has 3 aromatic carbocycles. The minimum atomic E-state index is -2.21. The Kier molecular flexibility index (Phi) is 15.6. The third kappa shape index (κ3) is 11.3. The van der Waals surface area contributed by atoms with Crippen LogP contribution < -0.4 is 29.6 Å². The van der Waals surface area contributed by atoms with Crippen molar-refractivity contribution in [2.75, 3.05) is 19.6 Å². The number of rotatable bonds is 12. The molecule has 6 rings (SSSR count). The van der Waals surface area contributed by atoms with E-state index in [1.165, 1.54) is 14.7 Å². The molecule has 0 unspecified atom stereocenters. The smallest absolute Gasteiger partial charge is 0.641 e. The van der Waals surface area contributed by atoms with Crippen LogP contribution in [0.4, 0.5) is 14.4 Å².